The molecule has 0 saturated heterocycles. The summed E-state index contributed by atoms with van der Waals surface area (Å²) in [6, 6.07) is 0. The number of unbranched alkanes of at least 4 members (excludes halogenated alkanes) is 22. The standard InChI is InChI=1S/C38H78O6/c1-3-5-7-9-11-13-15-16-18-20-22-24-26-28-40-30-32-42-34-36-44-38-37-43-35-33-41-31-29-39-27-25-23-21-19-17-14-12-10-8-6-4-2/h3-38H2,1-2H3. The van der Waals surface area contributed by atoms with Crippen molar-refractivity contribution in [3.63, 3.8) is 0 Å². The predicted molar refractivity (Wildman–Crippen MR) is 187 cm³/mol. The zero-order valence-corrected chi connectivity index (χ0v) is 29.9. The maximum Gasteiger partial charge on any atom is 0.0701 e. The second-order valence-electron chi connectivity index (χ2n) is 12.5. The van der Waals surface area contributed by atoms with Crippen molar-refractivity contribution in [2.24, 2.45) is 0 Å². The molecule has 0 unspecified atom stereocenters. The maximum atomic E-state index is 5.68. The van der Waals surface area contributed by atoms with Gasteiger partial charge in [0.25, 0.3) is 0 Å². The lowest BCUT2D eigenvalue weighted by molar-refractivity contribution is -0.0169. The lowest BCUT2D eigenvalue weighted by Gasteiger charge is -2.08. The maximum absolute atomic E-state index is 5.68. The molecule has 6 heteroatoms. The molecule has 0 radical (unpaired) electrons. The van der Waals surface area contributed by atoms with Gasteiger partial charge in [0, 0.05) is 13.2 Å². The van der Waals surface area contributed by atoms with Gasteiger partial charge in [0.05, 0.1) is 66.1 Å². The van der Waals surface area contributed by atoms with Crippen molar-refractivity contribution in [3.05, 3.63) is 0 Å². The largest absolute Gasteiger partial charge is 0.379 e. The topological polar surface area (TPSA) is 55.4 Å². The van der Waals surface area contributed by atoms with Crippen molar-refractivity contribution in [1.29, 1.82) is 0 Å². The van der Waals surface area contributed by atoms with E-state index in [4.69, 9.17) is 28.4 Å². The van der Waals surface area contributed by atoms with E-state index in [9.17, 15) is 0 Å². The molecule has 0 aromatic carbocycles. The van der Waals surface area contributed by atoms with Crippen LogP contribution in [0.3, 0.4) is 0 Å². The normalized spacial score (nSPS) is 11.6. The van der Waals surface area contributed by atoms with E-state index in [1.54, 1.807) is 0 Å². The summed E-state index contributed by atoms with van der Waals surface area (Å²) in [6.07, 6.45) is 33.0. The molecule has 0 atom stereocenters. The van der Waals surface area contributed by atoms with Crippen molar-refractivity contribution < 1.29 is 28.4 Å². The summed E-state index contributed by atoms with van der Waals surface area (Å²) in [4.78, 5) is 0. The van der Waals surface area contributed by atoms with Gasteiger partial charge in [-0.15, -0.1) is 0 Å². The van der Waals surface area contributed by atoms with Gasteiger partial charge in [0.1, 0.15) is 0 Å². The monoisotopic (exact) mass is 631 g/mol. The fourth-order valence-corrected chi connectivity index (χ4v) is 5.29. The lowest BCUT2D eigenvalue weighted by Crippen LogP contribution is -2.14. The van der Waals surface area contributed by atoms with Crippen LogP contribution < -0.4 is 0 Å². The molecule has 0 N–H and O–H groups in total. The molecule has 266 valence electrons. The number of rotatable bonds is 41. The van der Waals surface area contributed by atoms with Crippen molar-refractivity contribution in [2.75, 3.05) is 79.3 Å². The Bertz CT molecular complexity index is 436. The van der Waals surface area contributed by atoms with Crippen LogP contribution in [0.2, 0.25) is 0 Å². The smallest absolute Gasteiger partial charge is 0.0701 e. The molecule has 0 heterocycles. The first-order chi connectivity index (χ1) is 21.9. The highest BCUT2D eigenvalue weighted by Crippen LogP contribution is 2.13. The summed E-state index contributed by atoms with van der Waals surface area (Å²) < 4.78 is 33.6. The third kappa shape index (κ3) is 41.8. The average Bonchev–Trinajstić information content (AvgIpc) is 3.04. The predicted octanol–water partition coefficient (Wildman–Crippen LogP) is 10.5. The molecule has 44 heavy (non-hydrogen) atoms. The van der Waals surface area contributed by atoms with Crippen LogP contribution in [0.25, 0.3) is 0 Å². The Kier molecular flexibility index (Phi) is 42.5. The molecule has 0 aromatic rings. The molecule has 0 fully saturated rings. The molecule has 0 amide bonds. The van der Waals surface area contributed by atoms with Gasteiger partial charge in [-0.05, 0) is 12.8 Å². The Morgan fingerprint density at radius 2 is 0.341 bits per heavy atom. The van der Waals surface area contributed by atoms with Crippen LogP contribution in [-0.2, 0) is 28.4 Å². The van der Waals surface area contributed by atoms with Crippen LogP contribution in [-0.4, -0.2) is 79.3 Å². The summed E-state index contributed by atoms with van der Waals surface area (Å²) in [5, 5.41) is 0. The third-order valence-corrected chi connectivity index (χ3v) is 8.14. The Hall–Kier alpha value is -0.240. The van der Waals surface area contributed by atoms with Crippen molar-refractivity contribution in [2.45, 2.75) is 168 Å². The Balaban J connectivity index is 3.03. The minimum Gasteiger partial charge on any atom is -0.379 e. The fourth-order valence-electron chi connectivity index (χ4n) is 5.29. The van der Waals surface area contributed by atoms with Crippen LogP contribution in [0, 0.1) is 0 Å². The highest BCUT2D eigenvalue weighted by atomic mass is 16.6. The second-order valence-corrected chi connectivity index (χ2v) is 12.5. The fraction of sp³-hybridized carbons (Fsp3) is 1.00. The van der Waals surface area contributed by atoms with E-state index in [2.05, 4.69) is 13.8 Å². The van der Waals surface area contributed by atoms with E-state index in [1.807, 2.05) is 0 Å². The number of ether oxygens (including phenoxy) is 6. The average molecular weight is 631 g/mol. The van der Waals surface area contributed by atoms with Gasteiger partial charge < -0.3 is 28.4 Å². The van der Waals surface area contributed by atoms with Crippen molar-refractivity contribution in [1.82, 2.24) is 0 Å². The first kappa shape index (κ1) is 43.8. The van der Waals surface area contributed by atoms with Gasteiger partial charge in [0.15, 0.2) is 0 Å². The third-order valence-electron chi connectivity index (χ3n) is 8.14. The SMILES string of the molecule is CCCCCCCCCCCCCCCOCCOCCOCCOCCOCCOCCCCCCCCCCCCC. The van der Waals surface area contributed by atoms with Crippen LogP contribution in [0.1, 0.15) is 168 Å². The Labute approximate surface area is 275 Å². The summed E-state index contributed by atoms with van der Waals surface area (Å²) in [5.41, 5.74) is 0. The van der Waals surface area contributed by atoms with E-state index in [0.29, 0.717) is 66.1 Å². The molecule has 0 aliphatic carbocycles. The van der Waals surface area contributed by atoms with E-state index in [1.165, 1.54) is 148 Å². The van der Waals surface area contributed by atoms with E-state index in [-0.39, 0.29) is 0 Å². The molecule has 0 bridgehead atoms. The number of hydrogen-bond donors (Lipinski definition) is 0. The van der Waals surface area contributed by atoms with Gasteiger partial charge in [0.2, 0.25) is 0 Å². The first-order valence-corrected chi connectivity index (χ1v) is 19.4. The van der Waals surface area contributed by atoms with Crippen LogP contribution in [0.5, 0.6) is 0 Å². The zero-order chi connectivity index (χ0) is 31.7. The van der Waals surface area contributed by atoms with Gasteiger partial charge >= 0.3 is 0 Å². The summed E-state index contributed by atoms with van der Waals surface area (Å²) >= 11 is 0. The van der Waals surface area contributed by atoms with Crippen LogP contribution in [0.15, 0.2) is 0 Å². The minimum atomic E-state index is 0.584. The molecule has 0 spiro atoms. The second kappa shape index (κ2) is 42.8. The van der Waals surface area contributed by atoms with E-state index < -0.39 is 0 Å². The summed E-state index contributed by atoms with van der Waals surface area (Å²) in [6.45, 7) is 12.4. The number of hydrogen-bond acceptors (Lipinski definition) is 6. The zero-order valence-electron chi connectivity index (χ0n) is 29.9. The van der Waals surface area contributed by atoms with E-state index in [0.717, 1.165) is 19.6 Å². The Morgan fingerprint density at radius 1 is 0.182 bits per heavy atom. The minimum absolute atomic E-state index is 0.584. The van der Waals surface area contributed by atoms with Crippen LogP contribution >= 0.6 is 0 Å². The highest BCUT2D eigenvalue weighted by Gasteiger charge is 1.97. The van der Waals surface area contributed by atoms with Gasteiger partial charge in [-0.2, -0.15) is 0 Å². The summed E-state index contributed by atoms with van der Waals surface area (Å²) in [5.74, 6) is 0. The summed E-state index contributed by atoms with van der Waals surface area (Å²) in [7, 11) is 0. The molecular weight excluding hydrogens is 552 g/mol. The van der Waals surface area contributed by atoms with Crippen molar-refractivity contribution in [3.8, 4) is 0 Å². The molecule has 6 nitrogen and oxygen atoms in total. The van der Waals surface area contributed by atoms with Crippen molar-refractivity contribution >= 4 is 0 Å². The molecule has 0 rings (SSSR count). The quantitative estimate of drug-likeness (QED) is 0.0627. The van der Waals surface area contributed by atoms with Gasteiger partial charge in [-0.1, -0.05) is 155 Å². The molecule has 0 aromatic heterocycles. The van der Waals surface area contributed by atoms with Gasteiger partial charge in [-0.25, -0.2) is 0 Å². The molecule has 0 aliphatic heterocycles. The first-order valence-electron chi connectivity index (χ1n) is 19.4. The van der Waals surface area contributed by atoms with Gasteiger partial charge in [-0.3, -0.25) is 0 Å². The van der Waals surface area contributed by atoms with Crippen LogP contribution in [0.4, 0.5) is 0 Å². The van der Waals surface area contributed by atoms with E-state index >= 15 is 0 Å². The molecule has 0 saturated carbocycles. The highest BCUT2D eigenvalue weighted by molar-refractivity contribution is 4.50. The lowest BCUT2D eigenvalue weighted by atomic mass is 10.0. The Morgan fingerprint density at radius 3 is 0.545 bits per heavy atom. The molecular formula is C38H78O6. The molecule has 0 aliphatic rings.